The number of nitrogens with zero attached hydrogens (tertiary/aromatic N) is 1. The minimum atomic E-state index is -1.01. The second kappa shape index (κ2) is 5.72. The quantitative estimate of drug-likeness (QED) is 0.907. The number of carboxylic acid groups (broad SMARTS) is 1. The lowest BCUT2D eigenvalue weighted by molar-refractivity contribution is 0.0697. The summed E-state index contributed by atoms with van der Waals surface area (Å²) in [6.45, 7) is 5.58. The van der Waals surface area contributed by atoms with Gasteiger partial charge in [0.25, 0.3) is 5.91 Å². The van der Waals surface area contributed by atoms with Crippen molar-refractivity contribution in [3.63, 3.8) is 0 Å². The molecule has 0 spiro atoms. The van der Waals surface area contributed by atoms with E-state index in [1.807, 2.05) is 20.8 Å². The molecular weight excluding hydrogens is 296 g/mol. The van der Waals surface area contributed by atoms with Crippen LogP contribution in [0.4, 0.5) is 5.00 Å². The van der Waals surface area contributed by atoms with Crippen LogP contribution in [0.25, 0.3) is 0 Å². The van der Waals surface area contributed by atoms with Crippen molar-refractivity contribution in [2.75, 3.05) is 5.32 Å². The molecule has 2 heterocycles. The summed E-state index contributed by atoms with van der Waals surface area (Å²) in [7, 11) is 0. The third-order valence-electron chi connectivity index (χ3n) is 2.85. The Morgan fingerprint density at radius 3 is 2.55 bits per heavy atom. The highest BCUT2D eigenvalue weighted by Crippen LogP contribution is 2.33. The molecule has 1 amide bonds. The molecule has 5 nitrogen and oxygen atoms in total. The third kappa shape index (κ3) is 2.73. The van der Waals surface area contributed by atoms with Crippen LogP contribution in [-0.2, 0) is 6.42 Å². The summed E-state index contributed by atoms with van der Waals surface area (Å²) >= 11 is 2.58. The predicted molar refractivity (Wildman–Crippen MR) is 80.2 cm³/mol. The zero-order valence-corrected chi connectivity index (χ0v) is 12.9. The molecule has 7 heteroatoms. The van der Waals surface area contributed by atoms with Gasteiger partial charge in [-0.25, -0.2) is 9.78 Å². The van der Waals surface area contributed by atoms with E-state index in [-0.39, 0.29) is 11.5 Å². The Balaban J connectivity index is 2.34. The molecule has 0 aliphatic heterocycles. The van der Waals surface area contributed by atoms with Crippen LogP contribution in [0.3, 0.4) is 0 Å². The largest absolute Gasteiger partial charge is 0.478 e. The Morgan fingerprint density at radius 1 is 1.35 bits per heavy atom. The summed E-state index contributed by atoms with van der Waals surface area (Å²) in [6.07, 6.45) is 2.12. The highest BCUT2D eigenvalue weighted by atomic mass is 32.1. The Hall–Kier alpha value is -1.73. The van der Waals surface area contributed by atoms with Crippen LogP contribution in [0, 0.1) is 13.8 Å². The van der Waals surface area contributed by atoms with Crippen LogP contribution < -0.4 is 5.32 Å². The topological polar surface area (TPSA) is 79.3 Å². The predicted octanol–water partition coefficient (Wildman–Crippen LogP) is 3.33. The summed E-state index contributed by atoms with van der Waals surface area (Å²) in [5, 5.41) is 13.2. The number of rotatable bonds is 4. The van der Waals surface area contributed by atoms with E-state index in [1.165, 1.54) is 28.9 Å². The summed E-state index contributed by atoms with van der Waals surface area (Å²) in [4.78, 5) is 28.9. The van der Waals surface area contributed by atoms with E-state index in [9.17, 15) is 14.7 Å². The first-order valence-corrected chi connectivity index (χ1v) is 7.66. The van der Waals surface area contributed by atoms with E-state index in [2.05, 4.69) is 10.3 Å². The standard InChI is InChI=1S/C13H14N2O3S2/c1-4-8-6(2)19-12(10(8)13(17)18)15-11(16)9-5-14-7(3)20-9/h5H,4H2,1-3H3,(H,15,16)(H,17,18). The maximum atomic E-state index is 12.1. The zero-order chi connectivity index (χ0) is 14.9. The SMILES string of the molecule is CCc1c(C)sc(NC(=O)c2cnc(C)s2)c1C(=O)O. The molecule has 0 aliphatic carbocycles. The Labute approximate surface area is 124 Å². The maximum absolute atomic E-state index is 12.1. The first-order chi connectivity index (χ1) is 9.43. The highest BCUT2D eigenvalue weighted by Gasteiger charge is 2.22. The van der Waals surface area contributed by atoms with Crippen LogP contribution in [-0.4, -0.2) is 22.0 Å². The monoisotopic (exact) mass is 310 g/mol. The van der Waals surface area contributed by atoms with E-state index in [1.54, 1.807) is 0 Å². The van der Waals surface area contributed by atoms with Gasteiger partial charge in [-0.15, -0.1) is 22.7 Å². The van der Waals surface area contributed by atoms with Gasteiger partial charge in [0.15, 0.2) is 0 Å². The van der Waals surface area contributed by atoms with Gasteiger partial charge in [0.1, 0.15) is 9.88 Å². The lowest BCUT2D eigenvalue weighted by Gasteiger charge is -2.03. The average molecular weight is 310 g/mol. The number of aryl methyl sites for hydroxylation is 2. The normalized spacial score (nSPS) is 10.6. The molecule has 0 saturated carbocycles. The van der Waals surface area contributed by atoms with Crippen LogP contribution in [0.1, 0.15) is 42.4 Å². The van der Waals surface area contributed by atoms with Crippen molar-refractivity contribution >= 4 is 39.6 Å². The molecule has 0 aliphatic rings. The number of carbonyl (C=O) groups excluding carboxylic acids is 1. The van der Waals surface area contributed by atoms with E-state index < -0.39 is 5.97 Å². The van der Waals surface area contributed by atoms with Crippen LogP contribution in [0.15, 0.2) is 6.20 Å². The van der Waals surface area contributed by atoms with Crippen LogP contribution in [0.5, 0.6) is 0 Å². The van der Waals surface area contributed by atoms with Gasteiger partial charge in [-0.3, -0.25) is 4.79 Å². The summed E-state index contributed by atoms with van der Waals surface area (Å²) in [6, 6.07) is 0. The molecule has 2 aromatic heterocycles. The summed E-state index contributed by atoms with van der Waals surface area (Å²) in [5.41, 5.74) is 0.975. The highest BCUT2D eigenvalue weighted by molar-refractivity contribution is 7.17. The second-order valence-corrected chi connectivity index (χ2v) is 6.66. The fourth-order valence-corrected chi connectivity index (χ4v) is 3.75. The lowest BCUT2D eigenvalue weighted by Crippen LogP contribution is -2.12. The van der Waals surface area contributed by atoms with Gasteiger partial charge in [-0.1, -0.05) is 6.92 Å². The number of carbonyl (C=O) groups is 2. The van der Waals surface area contributed by atoms with Crippen molar-refractivity contribution in [1.82, 2.24) is 4.98 Å². The van der Waals surface area contributed by atoms with E-state index in [4.69, 9.17) is 0 Å². The molecule has 0 unspecified atom stereocenters. The minimum Gasteiger partial charge on any atom is -0.478 e. The molecule has 106 valence electrons. The van der Waals surface area contributed by atoms with Gasteiger partial charge >= 0.3 is 5.97 Å². The van der Waals surface area contributed by atoms with Gasteiger partial charge in [-0.05, 0) is 25.8 Å². The third-order valence-corrected chi connectivity index (χ3v) is 4.82. The van der Waals surface area contributed by atoms with Crippen molar-refractivity contribution in [1.29, 1.82) is 0 Å². The number of aromatic carboxylic acids is 1. The van der Waals surface area contributed by atoms with Gasteiger partial charge < -0.3 is 10.4 Å². The Bertz CT molecular complexity index is 673. The maximum Gasteiger partial charge on any atom is 0.339 e. The first kappa shape index (κ1) is 14.7. The van der Waals surface area contributed by atoms with Crippen LogP contribution in [0.2, 0.25) is 0 Å². The Morgan fingerprint density at radius 2 is 2.05 bits per heavy atom. The van der Waals surface area contributed by atoms with Crippen molar-refractivity contribution < 1.29 is 14.7 Å². The first-order valence-electron chi connectivity index (χ1n) is 6.03. The average Bonchev–Trinajstić information content (AvgIpc) is 2.92. The molecule has 20 heavy (non-hydrogen) atoms. The number of nitrogens with one attached hydrogen (secondary N) is 1. The van der Waals surface area contributed by atoms with Crippen molar-refractivity contribution in [3.8, 4) is 0 Å². The summed E-state index contributed by atoms with van der Waals surface area (Å²) in [5.74, 6) is -1.33. The molecule has 0 atom stereocenters. The van der Waals surface area contributed by atoms with E-state index in [0.29, 0.717) is 16.3 Å². The second-order valence-electron chi connectivity index (χ2n) is 4.20. The molecule has 2 N–H and O–H groups in total. The van der Waals surface area contributed by atoms with Gasteiger partial charge in [0.05, 0.1) is 16.8 Å². The number of aromatic nitrogens is 1. The number of hydrogen-bond donors (Lipinski definition) is 2. The van der Waals surface area contributed by atoms with Crippen molar-refractivity contribution in [2.24, 2.45) is 0 Å². The van der Waals surface area contributed by atoms with Gasteiger partial charge in [-0.2, -0.15) is 0 Å². The van der Waals surface area contributed by atoms with Gasteiger partial charge in [0.2, 0.25) is 0 Å². The number of hydrogen-bond acceptors (Lipinski definition) is 5. The molecule has 2 rings (SSSR count). The van der Waals surface area contributed by atoms with Crippen molar-refractivity contribution in [3.05, 3.63) is 32.1 Å². The molecular formula is C13H14N2O3S2. The molecule has 0 bridgehead atoms. The van der Waals surface area contributed by atoms with E-state index >= 15 is 0 Å². The Kier molecular flexibility index (Phi) is 4.20. The smallest absolute Gasteiger partial charge is 0.339 e. The number of thiophene rings is 1. The van der Waals surface area contributed by atoms with Crippen molar-refractivity contribution in [2.45, 2.75) is 27.2 Å². The summed E-state index contributed by atoms with van der Waals surface area (Å²) < 4.78 is 0. The van der Waals surface area contributed by atoms with Gasteiger partial charge in [0, 0.05) is 4.88 Å². The number of thiazole rings is 1. The number of anilines is 1. The zero-order valence-electron chi connectivity index (χ0n) is 11.3. The molecule has 0 fully saturated rings. The van der Waals surface area contributed by atoms with E-state index in [0.717, 1.165) is 15.4 Å². The number of amides is 1. The fourth-order valence-electron chi connectivity index (χ4n) is 1.95. The molecule has 0 radical (unpaired) electrons. The number of carboxylic acids is 1. The fraction of sp³-hybridized carbons (Fsp3) is 0.308. The van der Waals surface area contributed by atoms with Crippen LogP contribution >= 0.6 is 22.7 Å². The minimum absolute atomic E-state index is 0.199. The lowest BCUT2D eigenvalue weighted by atomic mass is 10.1. The molecule has 0 saturated heterocycles. The molecule has 2 aromatic rings. The molecule has 0 aromatic carbocycles.